The number of ether oxygens (including phenoxy) is 1. The van der Waals surface area contributed by atoms with Crippen molar-refractivity contribution in [3.63, 3.8) is 0 Å². The quantitative estimate of drug-likeness (QED) is 0.105. The Hall–Kier alpha value is -3.92. The summed E-state index contributed by atoms with van der Waals surface area (Å²) in [6, 6.07) is 16.2. The first-order chi connectivity index (χ1) is 24.6. The third kappa shape index (κ3) is 15.5. The Morgan fingerprint density at radius 2 is 1.43 bits per heavy atom. The van der Waals surface area contributed by atoms with E-state index in [4.69, 9.17) is 4.74 Å². The maximum atomic E-state index is 14.0. The van der Waals surface area contributed by atoms with Crippen molar-refractivity contribution in [2.45, 2.75) is 136 Å². The van der Waals surface area contributed by atoms with E-state index in [1.165, 1.54) is 6.42 Å². The summed E-state index contributed by atoms with van der Waals surface area (Å²) < 4.78 is 5.43. The molecule has 51 heavy (non-hydrogen) atoms. The van der Waals surface area contributed by atoms with Crippen LogP contribution in [0.5, 0.6) is 0 Å². The highest BCUT2D eigenvalue weighted by molar-refractivity contribution is 5.91. The van der Waals surface area contributed by atoms with E-state index in [0.29, 0.717) is 44.1 Å². The number of unbranched alkanes of at least 4 members (excludes halogenated alkanes) is 1. The lowest BCUT2D eigenvalue weighted by atomic mass is 9.82. The summed E-state index contributed by atoms with van der Waals surface area (Å²) in [5.41, 5.74) is 1.66. The van der Waals surface area contributed by atoms with Gasteiger partial charge in [0.1, 0.15) is 18.7 Å². The molecule has 5 atom stereocenters. The van der Waals surface area contributed by atoms with Crippen molar-refractivity contribution >= 4 is 23.8 Å². The number of aliphatic hydroxyl groups excluding tert-OH is 1. The number of benzene rings is 2. The number of carbonyl (C=O) groups is 4. The Balaban J connectivity index is 1.76. The smallest absolute Gasteiger partial charge is 0.408 e. The molecule has 0 saturated heterocycles. The van der Waals surface area contributed by atoms with Gasteiger partial charge in [0, 0.05) is 18.9 Å². The summed E-state index contributed by atoms with van der Waals surface area (Å²) in [7, 11) is 0. The van der Waals surface area contributed by atoms with Crippen molar-refractivity contribution < 1.29 is 29.0 Å². The second-order valence-corrected chi connectivity index (χ2v) is 14.6. The summed E-state index contributed by atoms with van der Waals surface area (Å²) in [6.45, 7) is 8.65. The van der Waals surface area contributed by atoms with Crippen molar-refractivity contribution in [3.8, 4) is 0 Å². The van der Waals surface area contributed by atoms with Gasteiger partial charge in [0.2, 0.25) is 17.7 Å². The average molecular weight is 707 g/mol. The minimum Gasteiger partial charge on any atom is -0.445 e. The van der Waals surface area contributed by atoms with Gasteiger partial charge in [-0.05, 0) is 48.6 Å². The van der Waals surface area contributed by atoms with Gasteiger partial charge in [0.05, 0.1) is 12.1 Å². The Morgan fingerprint density at radius 1 is 0.804 bits per heavy atom. The zero-order valence-electron chi connectivity index (χ0n) is 31.2. The molecular formula is C41H62N4O6. The number of alkyl carbamates (subject to hydrolysis) is 1. The Kier molecular flexibility index (Phi) is 18.6. The van der Waals surface area contributed by atoms with Crippen LogP contribution in [0.3, 0.4) is 0 Å². The molecule has 5 N–H and O–H groups in total. The van der Waals surface area contributed by atoms with E-state index in [9.17, 15) is 24.3 Å². The van der Waals surface area contributed by atoms with E-state index in [-0.39, 0.29) is 37.2 Å². The Labute approximate surface area is 305 Å². The van der Waals surface area contributed by atoms with Gasteiger partial charge in [-0.2, -0.15) is 0 Å². The van der Waals surface area contributed by atoms with Crippen LogP contribution < -0.4 is 21.3 Å². The molecule has 0 unspecified atom stereocenters. The summed E-state index contributed by atoms with van der Waals surface area (Å²) in [4.78, 5) is 53.8. The summed E-state index contributed by atoms with van der Waals surface area (Å²) in [6.07, 6.45) is 7.36. The van der Waals surface area contributed by atoms with Crippen LogP contribution in [0.25, 0.3) is 0 Å². The summed E-state index contributed by atoms with van der Waals surface area (Å²) in [5.74, 6) is -0.666. The molecule has 10 heteroatoms. The van der Waals surface area contributed by atoms with Gasteiger partial charge < -0.3 is 31.1 Å². The van der Waals surface area contributed by atoms with Gasteiger partial charge in [-0.15, -0.1) is 0 Å². The molecule has 0 aliphatic heterocycles. The van der Waals surface area contributed by atoms with Crippen molar-refractivity contribution in [2.24, 2.45) is 17.8 Å². The van der Waals surface area contributed by atoms with Gasteiger partial charge in [0.25, 0.3) is 0 Å². The molecule has 1 saturated carbocycles. The standard InChI is InChI=1S/C41H62N4O6/c1-5-7-23-34(43-40(49)36(25-31-19-13-9-14-20-31)45-41(50)51-28-32-21-15-10-16-22-32)39(48)44-35(24-30-17-11-8-12-18-30)37(46)26-33(6-2)38(47)42-27-29(3)4/h9-10,13-16,19-22,29-30,33-37,46H,5-8,11-12,17-18,23-28H2,1-4H3,(H,42,47)(H,43,49)(H,44,48)(H,45,50)/t33-,34+,35+,36+,37+/m1/s1. The molecule has 10 nitrogen and oxygen atoms in total. The van der Waals surface area contributed by atoms with Gasteiger partial charge in [-0.25, -0.2) is 4.79 Å². The minimum atomic E-state index is -0.995. The first-order valence-electron chi connectivity index (χ1n) is 19.2. The lowest BCUT2D eigenvalue weighted by Gasteiger charge is -2.33. The van der Waals surface area contributed by atoms with E-state index in [1.54, 1.807) is 0 Å². The number of hydrogen-bond acceptors (Lipinski definition) is 6. The van der Waals surface area contributed by atoms with Gasteiger partial charge in [-0.1, -0.05) is 133 Å². The fourth-order valence-corrected chi connectivity index (χ4v) is 6.66. The summed E-state index contributed by atoms with van der Waals surface area (Å²) in [5, 5.41) is 23.4. The van der Waals surface area contributed by atoms with Crippen molar-refractivity contribution in [3.05, 3.63) is 71.8 Å². The van der Waals surface area contributed by atoms with E-state index in [1.807, 2.05) is 88.4 Å². The summed E-state index contributed by atoms with van der Waals surface area (Å²) >= 11 is 0. The van der Waals surface area contributed by atoms with Crippen LogP contribution in [0.15, 0.2) is 60.7 Å². The molecule has 1 fully saturated rings. The molecule has 0 spiro atoms. The highest BCUT2D eigenvalue weighted by Gasteiger charge is 2.33. The second kappa shape index (κ2) is 22.8. The predicted octanol–water partition coefficient (Wildman–Crippen LogP) is 6.20. The SMILES string of the molecule is CCCC[C@H](NC(=O)[C@H](Cc1ccccc1)NC(=O)OCc1ccccc1)C(=O)N[C@@H](CC1CCCCC1)[C@@H](O)C[C@@H](CC)C(=O)NCC(C)C. The lowest BCUT2D eigenvalue weighted by molar-refractivity contribution is -0.131. The zero-order valence-corrected chi connectivity index (χ0v) is 31.2. The molecule has 2 aromatic rings. The van der Waals surface area contributed by atoms with Crippen LogP contribution in [0.2, 0.25) is 0 Å². The maximum Gasteiger partial charge on any atom is 0.408 e. The highest BCUT2D eigenvalue weighted by atomic mass is 16.5. The molecule has 0 heterocycles. The lowest BCUT2D eigenvalue weighted by Crippen LogP contribution is -2.57. The van der Waals surface area contributed by atoms with E-state index in [0.717, 1.165) is 43.2 Å². The number of hydrogen-bond donors (Lipinski definition) is 5. The molecule has 4 amide bonds. The van der Waals surface area contributed by atoms with Crippen LogP contribution in [0.4, 0.5) is 4.79 Å². The fraction of sp³-hybridized carbons (Fsp3) is 0.610. The minimum absolute atomic E-state index is 0.0524. The van der Waals surface area contributed by atoms with Crippen molar-refractivity contribution in [1.29, 1.82) is 0 Å². The van der Waals surface area contributed by atoms with E-state index >= 15 is 0 Å². The third-order valence-corrected chi connectivity index (χ3v) is 9.76. The first kappa shape index (κ1) is 41.5. The molecule has 2 aromatic carbocycles. The number of aliphatic hydroxyl groups is 1. The average Bonchev–Trinajstić information content (AvgIpc) is 3.14. The van der Waals surface area contributed by atoms with Gasteiger partial charge in [0.15, 0.2) is 0 Å². The van der Waals surface area contributed by atoms with Crippen LogP contribution in [0.1, 0.15) is 109 Å². The highest BCUT2D eigenvalue weighted by Crippen LogP contribution is 2.29. The Bertz CT molecular complexity index is 1320. The monoisotopic (exact) mass is 706 g/mol. The molecule has 1 aliphatic rings. The van der Waals surface area contributed by atoms with Gasteiger partial charge in [-0.3, -0.25) is 14.4 Å². The molecule has 0 bridgehead atoms. The molecule has 1 aliphatic carbocycles. The van der Waals surface area contributed by atoms with E-state index in [2.05, 4.69) is 21.3 Å². The van der Waals surface area contributed by atoms with Crippen LogP contribution >= 0.6 is 0 Å². The van der Waals surface area contributed by atoms with Crippen LogP contribution in [-0.4, -0.2) is 59.7 Å². The first-order valence-corrected chi connectivity index (χ1v) is 19.2. The molecular weight excluding hydrogens is 644 g/mol. The number of carbonyl (C=O) groups excluding carboxylic acids is 4. The largest absolute Gasteiger partial charge is 0.445 e. The number of nitrogens with one attached hydrogen (secondary N) is 4. The number of amides is 4. The molecule has 0 aromatic heterocycles. The van der Waals surface area contributed by atoms with Crippen molar-refractivity contribution in [2.75, 3.05) is 6.54 Å². The Morgan fingerprint density at radius 3 is 2.04 bits per heavy atom. The molecule has 282 valence electrons. The maximum absolute atomic E-state index is 14.0. The van der Waals surface area contributed by atoms with Crippen LogP contribution in [-0.2, 0) is 32.1 Å². The number of rotatable bonds is 21. The van der Waals surface area contributed by atoms with Gasteiger partial charge >= 0.3 is 6.09 Å². The normalized spacial score (nSPS) is 16.3. The zero-order chi connectivity index (χ0) is 37.0. The van der Waals surface area contributed by atoms with Crippen molar-refractivity contribution in [1.82, 2.24) is 21.3 Å². The topological polar surface area (TPSA) is 146 Å². The molecule has 0 radical (unpaired) electrons. The third-order valence-electron chi connectivity index (χ3n) is 9.76. The fourth-order valence-electron chi connectivity index (χ4n) is 6.66. The second-order valence-electron chi connectivity index (χ2n) is 14.6. The van der Waals surface area contributed by atoms with Crippen LogP contribution in [0, 0.1) is 17.8 Å². The molecule has 3 rings (SSSR count). The van der Waals surface area contributed by atoms with E-state index < -0.39 is 36.2 Å². The predicted molar refractivity (Wildman–Crippen MR) is 201 cm³/mol.